The van der Waals surface area contributed by atoms with Crippen molar-refractivity contribution in [2.75, 3.05) is 20.3 Å². The lowest BCUT2D eigenvalue weighted by Crippen LogP contribution is -2.45. The molecule has 0 aliphatic heterocycles. The number of aliphatic hydroxyl groups is 1. The Morgan fingerprint density at radius 3 is 2.55 bits per heavy atom. The summed E-state index contributed by atoms with van der Waals surface area (Å²) in [5.74, 6) is -0.991. The molecule has 1 aromatic carbocycles. The fourth-order valence-electron chi connectivity index (χ4n) is 2.36. The summed E-state index contributed by atoms with van der Waals surface area (Å²) in [6, 6.07) is 6.98. The van der Waals surface area contributed by atoms with E-state index in [1.54, 1.807) is 17.9 Å². The summed E-state index contributed by atoms with van der Waals surface area (Å²) in [4.78, 5) is 26.0. The monoisotopic (exact) mass is 307 g/mol. The van der Waals surface area contributed by atoms with Gasteiger partial charge in [-0.15, -0.1) is 0 Å². The average Bonchev–Trinajstić information content (AvgIpc) is 2.53. The highest BCUT2D eigenvalue weighted by molar-refractivity contribution is 5.94. The van der Waals surface area contributed by atoms with E-state index >= 15 is 0 Å². The van der Waals surface area contributed by atoms with E-state index in [4.69, 9.17) is 4.74 Å². The minimum Gasteiger partial charge on any atom is -0.469 e. The molecule has 122 valence electrons. The maximum absolute atomic E-state index is 12.8. The summed E-state index contributed by atoms with van der Waals surface area (Å²) < 4.78 is 4.73. The quantitative estimate of drug-likeness (QED) is 0.783. The standard InChI is InChI=1S/C17H25NO4/c1-5-15(11-19)18(10-13(3)17(21)22-4)16(20)14-8-6-7-12(2)9-14/h6-9,13,15,19H,5,10-11H2,1-4H3. The molecule has 22 heavy (non-hydrogen) atoms. The van der Waals surface area contributed by atoms with Crippen LogP contribution in [0.1, 0.15) is 36.2 Å². The number of esters is 1. The van der Waals surface area contributed by atoms with E-state index in [2.05, 4.69) is 0 Å². The van der Waals surface area contributed by atoms with Gasteiger partial charge in [0, 0.05) is 12.1 Å². The molecular formula is C17H25NO4. The first-order valence-electron chi connectivity index (χ1n) is 7.50. The van der Waals surface area contributed by atoms with E-state index in [9.17, 15) is 14.7 Å². The maximum atomic E-state index is 12.8. The molecule has 1 rings (SSSR count). The number of hydrogen-bond donors (Lipinski definition) is 1. The number of carbonyl (C=O) groups is 2. The third-order valence-corrected chi connectivity index (χ3v) is 3.72. The van der Waals surface area contributed by atoms with Crippen LogP contribution in [-0.4, -0.2) is 48.2 Å². The van der Waals surface area contributed by atoms with E-state index < -0.39 is 5.92 Å². The van der Waals surface area contributed by atoms with Crippen LogP contribution in [-0.2, 0) is 9.53 Å². The molecule has 2 unspecified atom stereocenters. The molecule has 1 aromatic rings. The predicted octanol–water partition coefficient (Wildman–Crippen LogP) is 2.02. The van der Waals surface area contributed by atoms with Crippen molar-refractivity contribution in [2.45, 2.75) is 33.2 Å². The van der Waals surface area contributed by atoms with Gasteiger partial charge in [0.25, 0.3) is 5.91 Å². The Balaban J connectivity index is 3.04. The number of rotatable bonds is 7. The molecule has 0 aliphatic carbocycles. The van der Waals surface area contributed by atoms with Crippen LogP contribution in [0.25, 0.3) is 0 Å². The number of aryl methyl sites for hydroxylation is 1. The number of methoxy groups -OCH3 is 1. The number of amides is 1. The van der Waals surface area contributed by atoms with Crippen molar-refractivity contribution in [1.82, 2.24) is 4.90 Å². The lowest BCUT2D eigenvalue weighted by Gasteiger charge is -2.31. The van der Waals surface area contributed by atoms with Crippen LogP contribution in [0.15, 0.2) is 24.3 Å². The second kappa shape index (κ2) is 8.54. The van der Waals surface area contributed by atoms with E-state index in [0.29, 0.717) is 12.0 Å². The number of hydrogen-bond acceptors (Lipinski definition) is 4. The van der Waals surface area contributed by atoms with Gasteiger partial charge in [0.1, 0.15) is 0 Å². The number of aliphatic hydroxyl groups excluding tert-OH is 1. The SMILES string of the molecule is CCC(CO)N(CC(C)C(=O)OC)C(=O)c1cccc(C)c1. The zero-order chi connectivity index (χ0) is 16.7. The zero-order valence-corrected chi connectivity index (χ0v) is 13.7. The van der Waals surface area contributed by atoms with E-state index in [1.165, 1.54) is 7.11 Å². The second-order valence-corrected chi connectivity index (χ2v) is 5.50. The van der Waals surface area contributed by atoms with Gasteiger partial charge in [-0.25, -0.2) is 0 Å². The van der Waals surface area contributed by atoms with Gasteiger partial charge in [-0.1, -0.05) is 31.5 Å². The average molecular weight is 307 g/mol. The molecule has 0 spiro atoms. The van der Waals surface area contributed by atoms with E-state index in [0.717, 1.165) is 5.56 Å². The number of benzene rings is 1. The number of ether oxygens (including phenoxy) is 1. The van der Waals surface area contributed by atoms with Gasteiger partial charge in [0.05, 0.1) is 25.7 Å². The van der Waals surface area contributed by atoms with Crippen molar-refractivity contribution in [3.8, 4) is 0 Å². The first kappa shape index (κ1) is 18.2. The van der Waals surface area contributed by atoms with Crippen molar-refractivity contribution in [2.24, 2.45) is 5.92 Å². The first-order valence-corrected chi connectivity index (χ1v) is 7.50. The van der Waals surface area contributed by atoms with Crippen molar-refractivity contribution in [1.29, 1.82) is 0 Å². The summed E-state index contributed by atoms with van der Waals surface area (Å²) >= 11 is 0. The van der Waals surface area contributed by atoms with Gasteiger partial charge >= 0.3 is 5.97 Å². The molecule has 0 saturated heterocycles. The second-order valence-electron chi connectivity index (χ2n) is 5.50. The summed E-state index contributed by atoms with van der Waals surface area (Å²) in [6.07, 6.45) is 0.613. The van der Waals surface area contributed by atoms with Gasteiger partial charge in [-0.3, -0.25) is 9.59 Å². The highest BCUT2D eigenvalue weighted by Gasteiger charge is 2.27. The van der Waals surface area contributed by atoms with Crippen LogP contribution in [0.3, 0.4) is 0 Å². The van der Waals surface area contributed by atoms with Crippen LogP contribution in [0, 0.1) is 12.8 Å². The number of nitrogens with zero attached hydrogens (tertiary/aromatic N) is 1. The molecule has 1 amide bonds. The van der Waals surface area contributed by atoms with Gasteiger partial charge < -0.3 is 14.7 Å². The van der Waals surface area contributed by atoms with Crippen molar-refractivity contribution in [3.05, 3.63) is 35.4 Å². The van der Waals surface area contributed by atoms with Crippen molar-refractivity contribution in [3.63, 3.8) is 0 Å². The van der Waals surface area contributed by atoms with E-state index in [1.807, 2.05) is 32.0 Å². The van der Waals surface area contributed by atoms with Crippen LogP contribution in [0.5, 0.6) is 0 Å². The Morgan fingerprint density at radius 1 is 1.36 bits per heavy atom. The minimum absolute atomic E-state index is 0.137. The van der Waals surface area contributed by atoms with Crippen LogP contribution >= 0.6 is 0 Å². The molecule has 0 aliphatic rings. The lowest BCUT2D eigenvalue weighted by atomic mass is 10.1. The minimum atomic E-state index is -0.445. The largest absolute Gasteiger partial charge is 0.469 e. The van der Waals surface area contributed by atoms with Crippen molar-refractivity contribution < 1.29 is 19.4 Å². The summed E-state index contributed by atoms with van der Waals surface area (Å²) in [7, 11) is 1.33. The third kappa shape index (κ3) is 4.56. The zero-order valence-electron chi connectivity index (χ0n) is 13.7. The molecule has 0 heterocycles. The third-order valence-electron chi connectivity index (χ3n) is 3.72. The van der Waals surface area contributed by atoms with Gasteiger partial charge in [-0.2, -0.15) is 0 Å². The highest BCUT2D eigenvalue weighted by atomic mass is 16.5. The summed E-state index contributed by atoms with van der Waals surface area (Å²) in [6.45, 7) is 5.62. The van der Waals surface area contributed by atoms with Gasteiger partial charge in [0.2, 0.25) is 0 Å². The molecule has 2 atom stereocenters. The van der Waals surface area contributed by atoms with Gasteiger partial charge in [-0.05, 0) is 25.5 Å². The topological polar surface area (TPSA) is 66.8 Å². The Hall–Kier alpha value is -1.88. The van der Waals surface area contributed by atoms with Crippen molar-refractivity contribution >= 4 is 11.9 Å². The molecule has 1 N–H and O–H groups in total. The normalized spacial score (nSPS) is 13.3. The lowest BCUT2D eigenvalue weighted by molar-refractivity contribution is -0.145. The molecule has 5 heteroatoms. The number of carbonyl (C=O) groups excluding carboxylic acids is 2. The van der Waals surface area contributed by atoms with E-state index in [-0.39, 0.29) is 31.1 Å². The molecular weight excluding hydrogens is 282 g/mol. The molecule has 5 nitrogen and oxygen atoms in total. The molecule has 0 aromatic heterocycles. The Bertz CT molecular complexity index is 511. The van der Waals surface area contributed by atoms with Crippen LogP contribution in [0.2, 0.25) is 0 Å². The molecule has 0 fully saturated rings. The Morgan fingerprint density at radius 2 is 2.05 bits per heavy atom. The highest BCUT2D eigenvalue weighted by Crippen LogP contribution is 2.15. The Kier molecular flexibility index (Phi) is 7.05. The van der Waals surface area contributed by atoms with Gasteiger partial charge in [0.15, 0.2) is 0 Å². The molecule has 0 radical (unpaired) electrons. The molecule has 0 saturated carbocycles. The predicted molar refractivity (Wildman–Crippen MR) is 84.6 cm³/mol. The fraction of sp³-hybridized carbons (Fsp3) is 0.529. The summed E-state index contributed by atoms with van der Waals surface area (Å²) in [5.41, 5.74) is 1.55. The molecule has 0 bridgehead atoms. The van der Waals surface area contributed by atoms with Crippen LogP contribution < -0.4 is 0 Å². The first-order chi connectivity index (χ1) is 10.4. The Labute approximate surface area is 131 Å². The summed E-state index contributed by atoms with van der Waals surface area (Å²) in [5, 5.41) is 9.55. The van der Waals surface area contributed by atoms with Crippen LogP contribution in [0.4, 0.5) is 0 Å². The smallest absolute Gasteiger partial charge is 0.310 e. The maximum Gasteiger partial charge on any atom is 0.310 e. The fourth-order valence-corrected chi connectivity index (χ4v) is 2.36.